The summed E-state index contributed by atoms with van der Waals surface area (Å²) in [5, 5.41) is 17.9. The molecular weight excluding hydrogens is 128 g/mol. The summed E-state index contributed by atoms with van der Waals surface area (Å²) < 4.78 is 0. The van der Waals surface area contributed by atoms with Gasteiger partial charge >= 0.3 is 0 Å². The molecule has 0 saturated carbocycles. The van der Waals surface area contributed by atoms with Crippen molar-refractivity contribution in [3.05, 3.63) is 0 Å². The first-order chi connectivity index (χ1) is 4.45. The molecule has 62 valence electrons. The van der Waals surface area contributed by atoms with Gasteiger partial charge in [-0.25, -0.2) is 0 Å². The van der Waals surface area contributed by atoms with E-state index in [-0.39, 0.29) is 6.61 Å². The first-order valence-electron chi connectivity index (χ1n) is 3.79. The Morgan fingerprint density at radius 2 is 1.90 bits per heavy atom. The van der Waals surface area contributed by atoms with Crippen LogP contribution in [-0.2, 0) is 0 Å². The molecule has 0 aliphatic rings. The van der Waals surface area contributed by atoms with Gasteiger partial charge in [-0.2, -0.15) is 0 Å². The second-order valence-electron chi connectivity index (χ2n) is 3.63. The van der Waals surface area contributed by atoms with E-state index in [4.69, 9.17) is 5.11 Å². The zero-order valence-electron chi connectivity index (χ0n) is 7.09. The molecule has 0 fully saturated rings. The van der Waals surface area contributed by atoms with Crippen LogP contribution >= 0.6 is 0 Å². The van der Waals surface area contributed by atoms with Gasteiger partial charge in [-0.3, -0.25) is 0 Å². The van der Waals surface area contributed by atoms with E-state index in [1.54, 1.807) is 13.8 Å². The normalized spacial score (nSPS) is 15.3. The fourth-order valence-electron chi connectivity index (χ4n) is 1.18. The molecule has 0 amide bonds. The molecule has 0 saturated heterocycles. The van der Waals surface area contributed by atoms with Crippen molar-refractivity contribution in [3.8, 4) is 0 Å². The minimum atomic E-state index is -0.589. The molecule has 2 heteroatoms. The first kappa shape index (κ1) is 9.92. The molecule has 2 N–H and O–H groups in total. The van der Waals surface area contributed by atoms with Crippen molar-refractivity contribution in [1.82, 2.24) is 0 Å². The minimum Gasteiger partial charge on any atom is -0.396 e. The predicted molar refractivity (Wildman–Crippen MR) is 41.8 cm³/mol. The molecule has 10 heavy (non-hydrogen) atoms. The van der Waals surface area contributed by atoms with E-state index in [0.717, 1.165) is 12.8 Å². The van der Waals surface area contributed by atoms with E-state index in [1.807, 2.05) is 6.92 Å². The van der Waals surface area contributed by atoms with Gasteiger partial charge in [-0.15, -0.1) is 0 Å². The summed E-state index contributed by atoms with van der Waals surface area (Å²) in [6.07, 6.45) is 1.54. The van der Waals surface area contributed by atoms with Crippen LogP contribution in [0.3, 0.4) is 0 Å². The number of hydrogen-bond acceptors (Lipinski definition) is 2. The number of aliphatic hydroxyl groups excluding tert-OH is 1. The number of aliphatic hydroxyl groups is 2. The zero-order valence-corrected chi connectivity index (χ0v) is 7.09. The summed E-state index contributed by atoms with van der Waals surface area (Å²) in [5.74, 6) is 0.407. The third-order valence-corrected chi connectivity index (χ3v) is 1.47. The number of rotatable bonds is 4. The molecule has 0 bridgehead atoms. The van der Waals surface area contributed by atoms with Gasteiger partial charge in [0.25, 0.3) is 0 Å². The van der Waals surface area contributed by atoms with E-state index < -0.39 is 5.60 Å². The van der Waals surface area contributed by atoms with E-state index in [9.17, 15) is 5.11 Å². The van der Waals surface area contributed by atoms with Crippen LogP contribution < -0.4 is 0 Å². The summed E-state index contributed by atoms with van der Waals surface area (Å²) in [4.78, 5) is 0. The highest BCUT2D eigenvalue weighted by atomic mass is 16.3. The molecular formula is C8H18O2. The predicted octanol–water partition coefficient (Wildman–Crippen LogP) is 1.17. The molecule has 0 heterocycles. The highest BCUT2D eigenvalue weighted by Gasteiger charge is 2.16. The Morgan fingerprint density at radius 3 is 2.20 bits per heavy atom. The smallest absolute Gasteiger partial charge is 0.0594 e. The largest absolute Gasteiger partial charge is 0.396 e. The quantitative estimate of drug-likeness (QED) is 0.625. The molecule has 0 aliphatic carbocycles. The molecule has 0 radical (unpaired) electrons. The SMILES string of the molecule is C[C@H](CCO)CC(C)(C)O. The van der Waals surface area contributed by atoms with Crippen molar-refractivity contribution in [2.75, 3.05) is 6.61 Å². The van der Waals surface area contributed by atoms with Crippen molar-refractivity contribution in [2.24, 2.45) is 5.92 Å². The molecule has 0 aromatic rings. The fourth-order valence-corrected chi connectivity index (χ4v) is 1.18. The average molecular weight is 146 g/mol. The Labute approximate surface area is 62.9 Å². The van der Waals surface area contributed by atoms with Gasteiger partial charge in [0.15, 0.2) is 0 Å². The third-order valence-electron chi connectivity index (χ3n) is 1.47. The lowest BCUT2D eigenvalue weighted by atomic mass is 9.93. The molecule has 0 aromatic heterocycles. The summed E-state index contributed by atoms with van der Waals surface area (Å²) >= 11 is 0. The second kappa shape index (κ2) is 3.94. The van der Waals surface area contributed by atoms with Gasteiger partial charge in [0.1, 0.15) is 0 Å². The van der Waals surface area contributed by atoms with Gasteiger partial charge in [-0.05, 0) is 32.6 Å². The maximum absolute atomic E-state index is 9.33. The van der Waals surface area contributed by atoms with Crippen LogP contribution in [0, 0.1) is 5.92 Å². The van der Waals surface area contributed by atoms with Crippen LogP contribution in [0.4, 0.5) is 0 Å². The van der Waals surface area contributed by atoms with Gasteiger partial charge in [0.2, 0.25) is 0 Å². The molecule has 0 unspecified atom stereocenters. The van der Waals surface area contributed by atoms with Crippen molar-refractivity contribution in [1.29, 1.82) is 0 Å². The van der Waals surface area contributed by atoms with Crippen molar-refractivity contribution in [3.63, 3.8) is 0 Å². The Bertz CT molecular complexity index is 83.7. The maximum atomic E-state index is 9.33. The van der Waals surface area contributed by atoms with Gasteiger partial charge in [0.05, 0.1) is 5.60 Å². The standard InChI is InChI=1S/C8H18O2/c1-7(4-5-9)6-8(2,3)10/h7,9-10H,4-6H2,1-3H3/t7-/m1/s1. The van der Waals surface area contributed by atoms with Crippen LogP contribution in [0.15, 0.2) is 0 Å². The lowest BCUT2D eigenvalue weighted by molar-refractivity contribution is 0.0511. The minimum absolute atomic E-state index is 0.219. The monoisotopic (exact) mass is 146 g/mol. The van der Waals surface area contributed by atoms with Gasteiger partial charge in [0, 0.05) is 6.61 Å². The molecule has 1 atom stereocenters. The van der Waals surface area contributed by atoms with Crippen LogP contribution in [0.2, 0.25) is 0 Å². The summed E-state index contributed by atoms with van der Waals surface area (Å²) in [7, 11) is 0. The summed E-state index contributed by atoms with van der Waals surface area (Å²) in [6, 6.07) is 0. The Hall–Kier alpha value is -0.0800. The van der Waals surface area contributed by atoms with Crippen LogP contribution in [0.25, 0.3) is 0 Å². The van der Waals surface area contributed by atoms with E-state index in [2.05, 4.69) is 0 Å². The Kier molecular flexibility index (Phi) is 3.91. The lowest BCUT2D eigenvalue weighted by Gasteiger charge is -2.21. The molecule has 0 rings (SSSR count). The topological polar surface area (TPSA) is 40.5 Å². The Morgan fingerprint density at radius 1 is 1.40 bits per heavy atom. The number of hydrogen-bond donors (Lipinski definition) is 2. The lowest BCUT2D eigenvalue weighted by Crippen LogP contribution is -2.22. The zero-order chi connectivity index (χ0) is 8.20. The van der Waals surface area contributed by atoms with Gasteiger partial charge < -0.3 is 10.2 Å². The van der Waals surface area contributed by atoms with Crippen LogP contribution in [-0.4, -0.2) is 22.4 Å². The summed E-state index contributed by atoms with van der Waals surface area (Å²) in [5.41, 5.74) is -0.589. The highest BCUT2D eigenvalue weighted by molar-refractivity contribution is 4.68. The van der Waals surface area contributed by atoms with E-state index >= 15 is 0 Å². The van der Waals surface area contributed by atoms with Crippen molar-refractivity contribution >= 4 is 0 Å². The highest BCUT2D eigenvalue weighted by Crippen LogP contribution is 2.17. The van der Waals surface area contributed by atoms with Crippen molar-refractivity contribution < 1.29 is 10.2 Å². The average Bonchev–Trinajstić information content (AvgIpc) is 1.59. The first-order valence-corrected chi connectivity index (χ1v) is 3.79. The molecule has 0 aromatic carbocycles. The molecule has 2 nitrogen and oxygen atoms in total. The Balaban J connectivity index is 3.47. The molecule has 0 aliphatic heterocycles. The fraction of sp³-hybridized carbons (Fsp3) is 1.00. The second-order valence-corrected chi connectivity index (χ2v) is 3.63. The van der Waals surface area contributed by atoms with Gasteiger partial charge in [-0.1, -0.05) is 6.92 Å². The van der Waals surface area contributed by atoms with Crippen molar-refractivity contribution in [2.45, 2.75) is 39.2 Å². The van der Waals surface area contributed by atoms with E-state index in [0.29, 0.717) is 5.92 Å². The third kappa shape index (κ3) is 6.05. The van der Waals surface area contributed by atoms with Crippen LogP contribution in [0.1, 0.15) is 33.6 Å². The molecule has 0 spiro atoms. The maximum Gasteiger partial charge on any atom is 0.0594 e. The van der Waals surface area contributed by atoms with E-state index in [1.165, 1.54) is 0 Å². The summed E-state index contributed by atoms with van der Waals surface area (Å²) in [6.45, 7) is 5.84. The van der Waals surface area contributed by atoms with Crippen LogP contribution in [0.5, 0.6) is 0 Å².